The minimum absolute atomic E-state index is 0.369. The minimum atomic E-state index is -0.548. The van der Waals surface area contributed by atoms with E-state index in [2.05, 4.69) is 26.7 Å². The maximum absolute atomic E-state index is 11.5. The van der Waals surface area contributed by atoms with Gasteiger partial charge in [-0.25, -0.2) is 10.5 Å². The molecule has 3 N–H and O–H groups in total. The van der Waals surface area contributed by atoms with Crippen molar-refractivity contribution in [2.45, 2.75) is 0 Å². The molecular weight excluding hydrogens is 292 g/mol. The van der Waals surface area contributed by atoms with E-state index in [1.807, 2.05) is 25.4 Å². The van der Waals surface area contributed by atoms with Gasteiger partial charge in [-0.05, 0) is 24.3 Å². The number of carbonyl (C=O) groups is 1. The zero-order chi connectivity index (χ0) is 16.0. The van der Waals surface area contributed by atoms with E-state index in [1.54, 1.807) is 23.7 Å². The number of nitrogens with zero attached hydrogens (tertiary/aromatic N) is 2. The highest BCUT2D eigenvalue weighted by Crippen LogP contribution is 2.29. The van der Waals surface area contributed by atoms with Crippen molar-refractivity contribution >= 4 is 27.8 Å². The van der Waals surface area contributed by atoms with Crippen LogP contribution in [0.25, 0.3) is 33.3 Å². The summed E-state index contributed by atoms with van der Waals surface area (Å²) >= 11 is 0. The summed E-state index contributed by atoms with van der Waals surface area (Å²) in [7, 11) is 2.00. The zero-order valence-electron chi connectivity index (χ0n) is 12.4. The van der Waals surface area contributed by atoms with Crippen molar-refractivity contribution in [3.63, 3.8) is 0 Å². The lowest BCUT2D eigenvalue weighted by molar-refractivity contribution is 0.0706. The third-order valence-corrected chi connectivity index (χ3v) is 4.00. The highest BCUT2D eigenvalue weighted by molar-refractivity contribution is 5.99. The Balaban J connectivity index is 1.90. The molecule has 2 aromatic carbocycles. The lowest BCUT2D eigenvalue weighted by Crippen LogP contribution is -2.18. The Hall–Kier alpha value is -3.12. The molecule has 6 nitrogen and oxygen atoms in total. The van der Waals surface area contributed by atoms with E-state index in [9.17, 15) is 4.79 Å². The number of aryl methyl sites for hydroxylation is 1. The van der Waals surface area contributed by atoms with Crippen LogP contribution in [-0.2, 0) is 7.05 Å². The van der Waals surface area contributed by atoms with Crippen molar-refractivity contribution in [1.29, 1.82) is 0 Å². The predicted molar refractivity (Wildman–Crippen MR) is 87.3 cm³/mol. The first-order valence-corrected chi connectivity index (χ1v) is 7.16. The first kappa shape index (κ1) is 13.5. The highest BCUT2D eigenvalue weighted by Gasteiger charge is 2.13. The number of imidazole rings is 1. The monoisotopic (exact) mass is 306 g/mol. The van der Waals surface area contributed by atoms with Gasteiger partial charge in [0.25, 0.3) is 5.91 Å². The fourth-order valence-corrected chi connectivity index (χ4v) is 2.87. The van der Waals surface area contributed by atoms with Crippen LogP contribution in [0.15, 0.2) is 48.7 Å². The van der Waals surface area contributed by atoms with Gasteiger partial charge < -0.3 is 9.55 Å². The number of nitrogens with one attached hydrogen (secondary N) is 2. The molecule has 0 fully saturated rings. The second-order valence-corrected chi connectivity index (χ2v) is 5.43. The SMILES string of the molecule is Cn1cc(-c2nc3ccc(C(=O)NO)cc3[nH]2)c2ccccc21. The third-order valence-electron chi connectivity index (χ3n) is 4.00. The maximum atomic E-state index is 11.5. The Labute approximate surface area is 131 Å². The van der Waals surface area contributed by atoms with Crippen molar-refractivity contribution in [3.05, 3.63) is 54.2 Å². The molecule has 4 rings (SSSR count). The Morgan fingerprint density at radius 1 is 1.26 bits per heavy atom. The second kappa shape index (κ2) is 4.96. The molecule has 0 spiro atoms. The molecule has 23 heavy (non-hydrogen) atoms. The number of hydrogen-bond acceptors (Lipinski definition) is 3. The van der Waals surface area contributed by atoms with Crippen LogP contribution >= 0.6 is 0 Å². The van der Waals surface area contributed by atoms with Crippen LogP contribution in [0.4, 0.5) is 0 Å². The molecule has 0 radical (unpaired) electrons. The number of hydroxylamine groups is 1. The fourth-order valence-electron chi connectivity index (χ4n) is 2.87. The lowest BCUT2D eigenvalue weighted by Gasteiger charge is -1.97. The van der Waals surface area contributed by atoms with Crippen LogP contribution in [0.1, 0.15) is 10.4 Å². The smallest absolute Gasteiger partial charge is 0.274 e. The van der Waals surface area contributed by atoms with Crippen molar-refractivity contribution in [1.82, 2.24) is 20.0 Å². The molecule has 0 unspecified atom stereocenters. The first-order valence-electron chi connectivity index (χ1n) is 7.16. The van der Waals surface area contributed by atoms with Crippen molar-refractivity contribution < 1.29 is 10.0 Å². The van der Waals surface area contributed by atoms with Gasteiger partial charge in [-0.15, -0.1) is 0 Å². The molecule has 6 heteroatoms. The number of aromatic amines is 1. The number of amides is 1. The summed E-state index contributed by atoms with van der Waals surface area (Å²) in [5.74, 6) is 0.201. The number of hydrogen-bond donors (Lipinski definition) is 3. The van der Waals surface area contributed by atoms with Gasteiger partial charge in [0.2, 0.25) is 0 Å². The van der Waals surface area contributed by atoms with Crippen molar-refractivity contribution in [2.75, 3.05) is 0 Å². The Morgan fingerprint density at radius 2 is 2.09 bits per heavy atom. The quantitative estimate of drug-likeness (QED) is 0.393. The van der Waals surface area contributed by atoms with Gasteiger partial charge in [-0.2, -0.15) is 0 Å². The van der Waals surface area contributed by atoms with E-state index >= 15 is 0 Å². The Bertz CT molecular complexity index is 1050. The molecule has 0 aliphatic rings. The van der Waals surface area contributed by atoms with E-state index in [0.29, 0.717) is 5.56 Å². The third kappa shape index (κ3) is 2.08. The van der Waals surface area contributed by atoms with Gasteiger partial charge in [-0.3, -0.25) is 10.0 Å². The van der Waals surface area contributed by atoms with Crippen molar-refractivity contribution in [3.8, 4) is 11.4 Å². The number of benzene rings is 2. The standard InChI is InChI=1S/C17H14N4O2/c1-21-9-12(11-4-2-3-5-15(11)21)16-18-13-7-6-10(17(22)20-23)8-14(13)19-16/h2-9,23H,1H3,(H,18,19)(H,20,22). The molecule has 114 valence electrons. The van der Waals surface area contributed by atoms with E-state index in [1.165, 1.54) is 0 Å². The average molecular weight is 306 g/mol. The summed E-state index contributed by atoms with van der Waals surface area (Å²) in [6.07, 6.45) is 2.03. The summed E-state index contributed by atoms with van der Waals surface area (Å²) in [4.78, 5) is 19.4. The van der Waals surface area contributed by atoms with Gasteiger partial charge in [-0.1, -0.05) is 18.2 Å². The lowest BCUT2D eigenvalue weighted by atomic mass is 10.2. The topological polar surface area (TPSA) is 82.9 Å². The fraction of sp³-hybridized carbons (Fsp3) is 0.0588. The Kier molecular flexibility index (Phi) is 2.92. The summed E-state index contributed by atoms with van der Waals surface area (Å²) in [5, 5.41) is 9.85. The largest absolute Gasteiger partial charge is 0.350 e. The molecule has 0 saturated carbocycles. The number of fused-ring (bicyclic) bond motifs is 2. The summed E-state index contributed by atoms with van der Waals surface area (Å²) in [5.41, 5.74) is 5.65. The van der Waals surface area contributed by atoms with E-state index in [0.717, 1.165) is 33.3 Å². The van der Waals surface area contributed by atoms with Gasteiger partial charge in [0.05, 0.1) is 11.0 Å². The maximum Gasteiger partial charge on any atom is 0.274 e. The zero-order valence-corrected chi connectivity index (χ0v) is 12.4. The van der Waals surface area contributed by atoms with E-state index in [4.69, 9.17) is 5.21 Å². The van der Waals surface area contributed by atoms with Gasteiger partial charge >= 0.3 is 0 Å². The average Bonchev–Trinajstić information content (AvgIpc) is 3.15. The van der Waals surface area contributed by atoms with Gasteiger partial charge in [0.15, 0.2) is 0 Å². The molecule has 4 aromatic rings. The van der Waals surface area contributed by atoms with Gasteiger partial charge in [0, 0.05) is 35.3 Å². The minimum Gasteiger partial charge on any atom is -0.350 e. The van der Waals surface area contributed by atoms with Crippen LogP contribution in [0, 0.1) is 0 Å². The van der Waals surface area contributed by atoms with Gasteiger partial charge in [0.1, 0.15) is 5.82 Å². The molecular formula is C17H14N4O2. The molecule has 2 aromatic heterocycles. The molecule has 1 amide bonds. The van der Waals surface area contributed by atoms with E-state index < -0.39 is 5.91 Å². The molecule has 0 bridgehead atoms. The molecule has 0 aliphatic heterocycles. The number of rotatable bonds is 2. The normalized spacial score (nSPS) is 11.2. The van der Waals surface area contributed by atoms with Crippen LogP contribution in [0.3, 0.4) is 0 Å². The van der Waals surface area contributed by atoms with Crippen LogP contribution in [0.5, 0.6) is 0 Å². The number of carbonyl (C=O) groups excluding carboxylic acids is 1. The molecule has 0 saturated heterocycles. The van der Waals surface area contributed by atoms with Crippen LogP contribution < -0.4 is 5.48 Å². The van der Waals surface area contributed by atoms with Crippen LogP contribution in [0.2, 0.25) is 0 Å². The summed E-state index contributed by atoms with van der Waals surface area (Å²) in [6, 6.07) is 13.2. The number of aromatic nitrogens is 3. The van der Waals surface area contributed by atoms with Crippen molar-refractivity contribution in [2.24, 2.45) is 7.05 Å². The number of H-pyrrole nitrogens is 1. The van der Waals surface area contributed by atoms with Crippen LogP contribution in [-0.4, -0.2) is 25.6 Å². The number of para-hydroxylation sites is 1. The summed E-state index contributed by atoms with van der Waals surface area (Å²) < 4.78 is 2.06. The van der Waals surface area contributed by atoms with E-state index in [-0.39, 0.29) is 0 Å². The highest BCUT2D eigenvalue weighted by atomic mass is 16.5. The second-order valence-electron chi connectivity index (χ2n) is 5.43. The predicted octanol–water partition coefficient (Wildman–Crippen LogP) is 2.84. The molecule has 0 atom stereocenters. The Morgan fingerprint density at radius 3 is 2.91 bits per heavy atom. The summed E-state index contributed by atoms with van der Waals surface area (Å²) in [6.45, 7) is 0. The molecule has 0 aliphatic carbocycles. The molecule has 2 heterocycles. The first-order chi connectivity index (χ1) is 11.2.